The molecular formula is C15H21NO2S. The van der Waals surface area contributed by atoms with Gasteiger partial charge in [0.15, 0.2) is 0 Å². The number of thioether (sulfide) groups is 1. The van der Waals surface area contributed by atoms with E-state index >= 15 is 0 Å². The van der Waals surface area contributed by atoms with Gasteiger partial charge in [-0.1, -0.05) is 17.7 Å². The fourth-order valence-corrected chi connectivity index (χ4v) is 3.30. The summed E-state index contributed by atoms with van der Waals surface area (Å²) in [6.07, 6.45) is 1.08. The zero-order valence-corrected chi connectivity index (χ0v) is 12.4. The van der Waals surface area contributed by atoms with Crippen molar-refractivity contribution in [3.05, 3.63) is 29.3 Å². The first-order chi connectivity index (χ1) is 9.19. The predicted octanol–water partition coefficient (Wildman–Crippen LogP) is 2.21. The molecule has 1 aliphatic rings. The quantitative estimate of drug-likeness (QED) is 0.897. The summed E-state index contributed by atoms with van der Waals surface area (Å²) < 4.78 is 5.32. The fourth-order valence-electron chi connectivity index (χ4n) is 2.36. The molecule has 104 valence electrons. The molecular weight excluding hydrogens is 258 g/mol. The second-order valence-electron chi connectivity index (χ2n) is 4.96. The van der Waals surface area contributed by atoms with Crippen LogP contribution in [-0.2, 0) is 11.2 Å². The molecule has 1 aromatic rings. The van der Waals surface area contributed by atoms with Crippen molar-refractivity contribution >= 4 is 17.5 Å². The molecule has 1 atom stereocenters. The average Bonchev–Trinajstić information content (AvgIpc) is 2.40. The van der Waals surface area contributed by atoms with Crippen molar-refractivity contribution in [2.75, 3.05) is 25.2 Å². The molecule has 3 nitrogen and oxygen atoms in total. The number of ether oxygens (including phenoxy) is 1. The molecule has 0 radical (unpaired) electrons. The number of nitrogens with one attached hydrogen (secondary N) is 1. The lowest BCUT2D eigenvalue weighted by Gasteiger charge is -2.22. The number of carbonyl (C=O) groups excluding carboxylic acids is 1. The van der Waals surface area contributed by atoms with E-state index in [9.17, 15) is 4.79 Å². The van der Waals surface area contributed by atoms with Crippen molar-refractivity contribution in [2.24, 2.45) is 0 Å². The van der Waals surface area contributed by atoms with Gasteiger partial charge in [0.05, 0.1) is 7.11 Å². The molecule has 1 saturated heterocycles. The molecule has 1 aromatic carbocycles. The van der Waals surface area contributed by atoms with E-state index in [4.69, 9.17) is 4.74 Å². The van der Waals surface area contributed by atoms with Gasteiger partial charge in [0.25, 0.3) is 0 Å². The van der Waals surface area contributed by atoms with Crippen LogP contribution in [0.3, 0.4) is 0 Å². The maximum atomic E-state index is 12.2. The molecule has 0 saturated carbocycles. The first-order valence-electron chi connectivity index (χ1n) is 6.65. The van der Waals surface area contributed by atoms with Crippen LogP contribution in [0.5, 0.6) is 5.75 Å². The van der Waals surface area contributed by atoms with Crippen LogP contribution in [0.1, 0.15) is 17.5 Å². The highest BCUT2D eigenvalue weighted by Crippen LogP contribution is 2.21. The first-order valence-corrected chi connectivity index (χ1v) is 7.81. The topological polar surface area (TPSA) is 38.3 Å². The minimum absolute atomic E-state index is 0.281. The Balaban J connectivity index is 1.95. The largest absolute Gasteiger partial charge is 0.496 e. The Bertz CT molecular complexity index is 442. The Labute approximate surface area is 119 Å². The molecule has 1 N–H and O–H groups in total. The van der Waals surface area contributed by atoms with Gasteiger partial charge in [-0.2, -0.15) is 11.8 Å². The minimum Gasteiger partial charge on any atom is -0.496 e. The van der Waals surface area contributed by atoms with Crippen molar-refractivity contribution < 1.29 is 9.53 Å². The highest BCUT2D eigenvalue weighted by Gasteiger charge is 2.17. The molecule has 0 amide bonds. The molecule has 1 heterocycles. The average molecular weight is 279 g/mol. The number of methoxy groups -OCH3 is 1. The van der Waals surface area contributed by atoms with Crippen molar-refractivity contribution in [1.82, 2.24) is 5.32 Å². The van der Waals surface area contributed by atoms with E-state index in [1.165, 1.54) is 0 Å². The molecule has 0 spiro atoms. The summed E-state index contributed by atoms with van der Waals surface area (Å²) in [5, 5.41) is 3.40. The van der Waals surface area contributed by atoms with E-state index in [2.05, 4.69) is 5.32 Å². The van der Waals surface area contributed by atoms with Gasteiger partial charge in [-0.25, -0.2) is 0 Å². The first kappa shape index (κ1) is 14.4. The summed E-state index contributed by atoms with van der Waals surface area (Å²) in [5.41, 5.74) is 2.16. The minimum atomic E-state index is 0.281. The van der Waals surface area contributed by atoms with Crippen LogP contribution in [0, 0.1) is 6.92 Å². The highest BCUT2D eigenvalue weighted by atomic mass is 32.2. The summed E-state index contributed by atoms with van der Waals surface area (Å²) in [4.78, 5) is 12.2. The normalized spacial score (nSPS) is 19.2. The summed E-state index contributed by atoms with van der Waals surface area (Å²) in [5.74, 6) is 3.28. The SMILES string of the molecule is COc1ccc(C)cc1CC(=O)CC1CSCCN1. The Kier molecular flexibility index (Phi) is 5.28. The van der Waals surface area contributed by atoms with Crippen molar-refractivity contribution in [3.8, 4) is 5.75 Å². The maximum Gasteiger partial charge on any atom is 0.138 e. The van der Waals surface area contributed by atoms with Crippen molar-refractivity contribution in [3.63, 3.8) is 0 Å². The second kappa shape index (κ2) is 6.96. The zero-order chi connectivity index (χ0) is 13.7. The third kappa shape index (κ3) is 4.25. The second-order valence-corrected chi connectivity index (χ2v) is 6.11. The van der Waals surface area contributed by atoms with Gasteiger partial charge in [-0.3, -0.25) is 4.79 Å². The third-order valence-corrected chi connectivity index (χ3v) is 4.43. The standard InChI is InChI=1S/C15H21NO2S/c1-11-3-4-15(18-2)12(7-11)8-14(17)9-13-10-19-6-5-16-13/h3-4,7,13,16H,5-6,8-10H2,1-2H3. The van der Waals surface area contributed by atoms with Gasteiger partial charge in [0.2, 0.25) is 0 Å². The number of rotatable bonds is 5. The lowest BCUT2D eigenvalue weighted by molar-refractivity contribution is -0.118. The Hall–Kier alpha value is -1.00. The molecule has 0 aromatic heterocycles. The number of carbonyl (C=O) groups is 1. The molecule has 1 fully saturated rings. The highest BCUT2D eigenvalue weighted by molar-refractivity contribution is 7.99. The van der Waals surface area contributed by atoms with E-state index in [0.717, 1.165) is 34.9 Å². The van der Waals surface area contributed by atoms with E-state index in [1.54, 1.807) is 7.11 Å². The number of ketones is 1. The summed E-state index contributed by atoms with van der Waals surface area (Å²) in [6, 6.07) is 6.32. The predicted molar refractivity (Wildman–Crippen MR) is 80.2 cm³/mol. The van der Waals surface area contributed by atoms with Gasteiger partial charge >= 0.3 is 0 Å². The third-order valence-electron chi connectivity index (χ3n) is 3.30. The molecule has 0 bridgehead atoms. The van der Waals surface area contributed by atoms with E-state index < -0.39 is 0 Å². The van der Waals surface area contributed by atoms with Crippen LogP contribution in [0.15, 0.2) is 18.2 Å². The van der Waals surface area contributed by atoms with Crippen molar-refractivity contribution in [2.45, 2.75) is 25.8 Å². The molecule has 19 heavy (non-hydrogen) atoms. The van der Waals surface area contributed by atoms with Crippen LogP contribution in [0.2, 0.25) is 0 Å². The Morgan fingerprint density at radius 2 is 2.37 bits per heavy atom. The Morgan fingerprint density at radius 3 is 3.05 bits per heavy atom. The smallest absolute Gasteiger partial charge is 0.138 e. The lowest BCUT2D eigenvalue weighted by Crippen LogP contribution is -2.39. The number of aryl methyl sites for hydroxylation is 1. The molecule has 1 aliphatic heterocycles. The van der Waals surface area contributed by atoms with Gasteiger partial charge in [0, 0.05) is 42.5 Å². The van der Waals surface area contributed by atoms with Gasteiger partial charge < -0.3 is 10.1 Å². The fraction of sp³-hybridized carbons (Fsp3) is 0.533. The van der Waals surface area contributed by atoms with Crippen LogP contribution in [-0.4, -0.2) is 37.0 Å². The molecule has 0 aliphatic carbocycles. The monoisotopic (exact) mass is 279 g/mol. The number of hydrogen-bond acceptors (Lipinski definition) is 4. The number of benzene rings is 1. The van der Waals surface area contributed by atoms with Crippen molar-refractivity contribution in [1.29, 1.82) is 0 Å². The van der Waals surface area contributed by atoms with Gasteiger partial charge in [0.1, 0.15) is 11.5 Å². The number of hydrogen-bond donors (Lipinski definition) is 1. The number of Topliss-reactive ketones (excluding diaryl/α,β-unsaturated/α-hetero) is 1. The van der Waals surface area contributed by atoms with E-state index in [0.29, 0.717) is 18.9 Å². The van der Waals surface area contributed by atoms with E-state index in [1.807, 2.05) is 36.9 Å². The zero-order valence-electron chi connectivity index (χ0n) is 11.6. The lowest BCUT2D eigenvalue weighted by atomic mass is 10.0. The summed E-state index contributed by atoms with van der Waals surface area (Å²) in [7, 11) is 1.65. The van der Waals surface area contributed by atoms with Gasteiger partial charge in [-0.05, 0) is 13.0 Å². The van der Waals surface area contributed by atoms with Crippen LogP contribution in [0.25, 0.3) is 0 Å². The van der Waals surface area contributed by atoms with Crippen LogP contribution >= 0.6 is 11.8 Å². The van der Waals surface area contributed by atoms with Gasteiger partial charge in [-0.15, -0.1) is 0 Å². The summed E-state index contributed by atoms with van der Waals surface area (Å²) >= 11 is 1.92. The molecule has 4 heteroatoms. The molecule has 2 rings (SSSR count). The van der Waals surface area contributed by atoms with Crippen LogP contribution in [0.4, 0.5) is 0 Å². The van der Waals surface area contributed by atoms with E-state index in [-0.39, 0.29) is 5.78 Å². The Morgan fingerprint density at radius 1 is 1.53 bits per heavy atom. The maximum absolute atomic E-state index is 12.2. The summed E-state index contributed by atoms with van der Waals surface area (Å²) in [6.45, 7) is 3.04. The van der Waals surface area contributed by atoms with Crippen LogP contribution < -0.4 is 10.1 Å². The molecule has 1 unspecified atom stereocenters.